The molecule has 6 nitrogen and oxygen atoms in total. The van der Waals surface area contributed by atoms with E-state index in [-0.39, 0.29) is 18.4 Å². The van der Waals surface area contributed by atoms with Gasteiger partial charge in [0.05, 0.1) is 17.7 Å². The molecule has 0 aliphatic heterocycles. The number of carbonyl (C=O) groups is 1. The predicted molar refractivity (Wildman–Crippen MR) is 61.5 cm³/mol. The van der Waals surface area contributed by atoms with Crippen molar-refractivity contribution in [3.63, 3.8) is 0 Å². The van der Waals surface area contributed by atoms with Crippen LogP contribution in [0.25, 0.3) is 0 Å². The Labute approximate surface area is 104 Å². The maximum absolute atomic E-state index is 11.7. The molecule has 0 bridgehead atoms. The second-order valence-corrected chi connectivity index (χ2v) is 3.53. The van der Waals surface area contributed by atoms with Crippen LogP contribution >= 0.6 is 0 Å². The van der Waals surface area contributed by atoms with Crippen LogP contribution in [0.3, 0.4) is 0 Å². The van der Waals surface area contributed by atoms with Crippen molar-refractivity contribution in [2.45, 2.75) is 18.9 Å². The van der Waals surface area contributed by atoms with Gasteiger partial charge in [-0.1, -0.05) is 6.07 Å². The Balaban J connectivity index is 2.79. The van der Waals surface area contributed by atoms with Gasteiger partial charge in [-0.25, -0.2) is 0 Å². The summed E-state index contributed by atoms with van der Waals surface area (Å²) in [5.41, 5.74) is -0.118. The van der Waals surface area contributed by atoms with Gasteiger partial charge in [-0.05, 0) is 18.6 Å². The molecule has 0 aromatic heterocycles. The zero-order valence-electron chi connectivity index (χ0n) is 9.42. The molecule has 6 heteroatoms. The summed E-state index contributed by atoms with van der Waals surface area (Å²) < 4.78 is 0. The normalized spacial score (nSPS) is 11.0. The molecule has 0 saturated carbocycles. The number of aromatic hydroxyl groups is 2. The zero-order chi connectivity index (χ0) is 13.5. The lowest BCUT2D eigenvalue weighted by molar-refractivity contribution is 0.0941. The number of nitrogens with zero attached hydrogens (tertiary/aromatic N) is 2. The fraction of sp³-hybridized carbons (Fsp3) is 0.250. The van der Waals surface area contributed by atoms with E-state index in [1.54, 1.807) is 0 Å². The highest BCUT2D eigenvalue weighted by atomic mass is 16.3. The van der Waals surface area contributed by atoms with Crippen LogP contribution in [0, 0.1) is 22.7 Å². The zero-order valence-corrected chi connectivity index (χ0v) is 9.42. The summed E-state index contributed by atoms with van der Waals surface area (Å²) >= 11 is 0. The first-order chi connectivity index (χ1) is 8.60. The van der Waals surface area contributed by atoms with Crippen molar-refractivity contribution in [3.8, 4) is 23.6 Å². The summed E-state index contributed by atoms with van der Waals surface area (Å²) in [6, 6.07) is 6.88. The number of amides is 1. The highest BCUT2D eigenvalue weighted by molar-refractivity contribution is 5.97. The van der Waals surface area contributed by atoms with E-state index in [0.29, 0.717) is 0 Å². The summed E-state index contributed by atoms with van der Waals surface area (Å²) in [5, 5.41) is 38.3. The van der Waals surface area contributed by atoms with E-state index in [4.69, 9.17) is 10.5 Å². The molecule has 18 heavy (non-hydrogen) atoms. The molecule has 1 aromatic carbocycles. The second-order valence-electron chi connectivity index (χ2n) is 3.53. The summed E-state index contributed by atoms with van der Waals surface area (Å²) in [4.78, 5) is 11.7. The van der Waals surface area contributed by atoms with Crippen molar-refractivity contribution in [1.82, 2.24) is 5.32 Å². The smallest absolute Gasteiger partial charge is 0.256 e. The summed E-state index contributed by atoms with van der Waals surface area (Å²) in [7, 11) is 0. The number of para-hydroxylation sites is 1. The van der Waals surface area contributed by atoms with Gasteiger partial charge in [-0.15, -0.1) is 0 Å². The topological polar surface area (TPSA) is 117 Å². The fourth-order valence-electron chi connectivity index (χ4n) is 1.33. The Morgan fingerprint density at radius 2 is 2.11 bits per heavy atom. The van der Waals surface area contributed by atoms with Crippen LogP contribution in [0.1, 0.15) is 23.2 Å². The van der Waals surface area contributed by atoms with Crippen molar-refractivity contribution in [1.29, 1.82) is 10.5 Å². The average Bonchev–Trinajstić information content (AvgIpc) is 2.37. The standard InChI is InChI=1S/C12H11N3O3/c13-6-2-3-8(7-14)15-12(18)9-4-1-5-10(16)11(9)17/h1,4-5,8,16-17H,2-3H2,(H,15,18)/t8-/m1/s1. The molecule has 0 fully saturated rings. The summed E-state index contributed by atoms with van der Waals surface area (Å²) in [6.45, 7) is 0. The molecule has 92 valence electrons. The van der Waals surface area contributed by atoms with Crippen LogP contribution < -0.4 is 5.32 Å². The SMILES string of the molecule is N#CCC[C@H](C#N)NC(=O)c1cccc(O)c1O. The van der Waals surface area contributed by atoms with E-state index in [0.717, 1.165) is 0 Å². The Bertz CT molecular complexity index is 528. The van der Waals surface area contributed by atoms with Gasteiger partial charge >= 0.3 is 0 Å². The number of hydrogen-bond donors (Lipinski definition) is 3. The Kier molecular flexibility index (Phi) is 4.53. The lowest BCUT2D eigenvalue weighted by atomic mass is 10.1. The minimum absolute atomic E-state index is 0.118. The molecule has 0 heterocycles. The first kappa shape index (κ1) is 13.3. The second kappa shape index (κ2) is 6.12. The molecule has 3 N–H and O–H groups in total. The lowest BCUT2D eigenvalue weighted by Gasteiger charge is -2.11. The highest BCUT2D eigenvalue weighted by Gasteiger charge is 2.17. The van der Waals surface area contributed by atoms with E-state index in [1.165, 1.54) is 18.2 Å². The largest absolute Gasteiger partial charge is 0.504 e. The van der Waals surface area contributed by atoms with Gasteiger partial charge in [0.15, 0.2) is 11.5 Å². The number of nitriles is 2. The summed E-state index contributed by atoms with van der Waals surface area (Å²) in [6.07, 6.45) is 0.350. The predicted octanol–water partition coefficient (Wildman–Crippen LogP) is 1.02. The molecule has 0 radical (unpaired) electrons. The van der Waals surface area contributed by atoms with Gasteiger partial charge in [0.25, 0.3) is 5.91 Å². The molecule has 0 aliphatic carbocycles. The Morgan fingerprint density at radius 1 is 1.39 bits per heavy atom. The molecular weight excluding hydrogens is 234 g/mol. The molecule has 0 unspecified atom stereocenters. The average molecular weight is 245 g/mol. The molecule has 1 rings (SSSR count). The molecule has 1 atom stereocenters. The number of phenols is 2. The van der Waals surface area contributed by atoms with E-state index in [2.05, 4.69) is 5.32 Å². The van der Waals surface area contributed by atoms with Gasteiger partial charge < -0.3 is 15.5 Å². The minimum Gasteiger partial charge on any atom is -0.504 e. The van der Waals surface area contributed by atoms with Crippen molar-refractivity contribution in [2.75, 3.05) is 0 Å². The fourth-order valence-corrected chi connectivity index (χ4v) is 1.33. The van der Waals surface area contributed by atoms with E-state index < -0.39 is 23.4 Å². The number of hydrogen-bond acceptors (Lipinski definition) is 5. The van der Waals surface area contributed by atoms with Gasteiger partial charge in [0.2, 0.25) is 0 Å². The summed E-state index contributed by atoms with van der Waals surface area (Å²) in [5.74, 6) is -1.62. The molecule has 0 aliphatic rings. The Morgan fingerprint density at radius 3 is 2.72 bits per heavy atom. The monoisotopic (exact) mass is 245 g/mol. The van der Waals surface area contributed by atoms with Gasteiger partial charge in [-0.3, -0.25) is 4.79 Å². The van der Waals surface area contributed by atoms with E-state index in [1.807, 2.05) is 12.1 Å². The lowest BCUT2D eigenvalue weighted by Crippen LogP contribution is -2.33. The third-order valence-corrected chi connectivity index (χ3v) is 2.27. The van der Waals surface area contributed by atoms with Crippen LogP contribution in [0.5, 0.6) is 11.5 Å². The van der Waals surface area contributed by atoms with Crippen LogP contribution in [0.2, 0.25) is 0 Å². The Hall–Kier alpha value is -2.73. The maximum atomic E-state index is 11.7. The minimum atomic E-state index is -0.807. The van der Waals surface area contributed by atoms with Crippen LogP contribution in [0.4, 0.5) is 0 Å². The number of carbonyl (C=O) groups excluding carboxylic acids is 1. The van der Waals surface area contributed by atoms with Gasteiger partial charge in [0.1, 0.15) is 6.04 Å². The number of benzene rings is 1. The van der Waals surface area contributed by atoms with Crippen LogP contribution in [0.15, 0.2) is 18.2 Å². The number of nitrogens with one attached hydrogen (secondary N) is 1. The van der Waals surface area contributed by atoms with Gasteiger partial charge in [-0.2, -0.15) is 10.5 Å². The third kappa shape index (κ3) is 3.13. The van der Waals surface area contributed by atoms with Crippen molar-refractivity contribution in [2.24, 2.45) is 0 Å². The van der Waals surface area contributed by atoms with Crippen molar-refractivity contribution < 1.29 is 15.0 Å². The maximum Gasteiger partial charge on any atom is 0.256 e. The molecule has 1 aromatic rings. The molecular formula is C12H11N3O3. The van der Waals surface area contributed by atoms with Crippen LogP contribution in [-0.4, -0.2) is 22.2 Å². The third-order valence-electron chi connectivity index (χ3n) is 2.27. The molecule has 1 amide bonds. The van der Waals surface area contributed by atoms with Gasteiger partial charge in [0, 0.05) is 6.42 Å². The van der Waals surface area contributed by atoms with E-state index >= 15 is 0 Å². The number of rotatable bonds is 4. The van der Waals surface area contributed by atoms with Crippen molar-refractivity contribution in [3.05, 3.63) is 23.8 Å². The van der Waals surface area contributed by atoms with E-state index in [9.17, 15) is 15.0 Å². The molecule has 0 saturated heterocycles. The highest BCUT2D eigenvalue weighted by Crippen LogP contribution is 2.27. The quantitative estimate of drug-likeness (QED) is 0.684. The van der Waals surface area contributed by atoms with Crippen molar-refractivity contribution >= 4 is 5.91 Å². The first-order valence-electron chi connectivity index (χ1n) is 5.18. The number of phenolic OH excluding ortho intramolecular Hbond substituents is 2. The first-order valence-corrected chi connectivity index (χ1v) is 5.18. The van der Waals surface area contributed by atoms with Crippen LogP contribution in [-0.2, 0) is 0 Å². The molecule has 0 spiro atoms.